The third-order valence-corrected chi connectivity index (χ3v) is 1.91. The van der Waals surface area contributed by atoms with E-state index < -0.39 is 0 Å². The van der Waals surface area contributed by atoms with Crippen molar-refractivity contribution in [2.24, 2.45) is 5.73 Å². The molecule has 3 N–H and O–H groups in total. The number of nitrogens with two attached hydrogens (primary N) is 1. The molecule has 0 spiro atoms. The Morgan fingerprint density at radius 1 is 1.53 bits per heavy atom. The van der Waals surface area contributed by atoms with E-state index in [0.29, 0.717) is 6.54 Å². The highest BCUT2D eigenvalue weighted by molar-refractivity contribution is 5.49. The molecule has 84 valence electrons. The number of rotatable bonds is 7. The van der Waals surface area contributed by atoms with Gasteiger partial charge < -0.3 is 15.8 Å². The first-order chi connectivity index (χ1) is 7.38. The summed E-state index contributed by atoms with van der Waals surface area (Å²) in [6, 6.07) is 3.80. The van der Waals surface area contributed by atoms with Crippen LogP contribution in [-0.4, -0.2) is 24.7 Å². The average molecular weight is 209 g/mol. The summed E-state index contributed by atoms with van der Waals surface area (Å²) < 4.78 is 5.56. The van der Waals surface area contributed by atoms with Crippen LogP contribution >= 0.6 is 0 Å². The molecule has 4 nitrogen and oxygen atoms in total. The minimum Gasteiger partial charge on any atom is -0.490 e. The van der Waals surface area contributed by atoms with Gasteiger partial charge in [0.2, 0.25) is 0 Å². The van der Waals surface area contributed by atoms with Gasteiger partial charge in [-0.05, 0) is 31.5 Å². The van der Waals surface area contributed by atoms with Crippen LogP contribution in [0.2, 0.25) is 0 Å². The first-order valence-electron chi connectivity index (χ1n) is 5.40. The third-order valence-electron chi connectivity index (χ3n) is 1.91. The molecule has 0 unspecified atom stereocenters. The van der Waals surface area contributed by atoms with Gasteiger partial charge in [0.15, 0.2) is 11.6 Å². The van der Waals surface area contributed by atoms with Crippen molar-refractivity contribution in [2.45, 2.75) is 19.8 Å². The van der Waals surface area contributed by atoms with Crippen LogP contribution in [0.4, 0.5) is 5.82 Å². The quantitative estimate of drug-likeness (QED) is 0.670. The summed E-state index contributed by atoms with van der Waals surface area (Å²) in [6.45, 7) is 4.32. The molecule has 1 rings (SSSR count). The third kappa shape index (κ3) is 4.16. The lowest BCUT2D eigenvalue weighted by Crippen LogP contribution is -2.10. The fourth-order valence-corrected chi connectivity index (χ4v) is 1.16. The molecule has 1 heterocycles. The smallest absolute Gasteiger partial charge is 0.168 e. The Hall–Kier alpha value is -1.29. The monoisotopic (exact) mass is 209 g/mol. The fraction of sp³-hybridized carbons (Fsp3) is 0.545. The maximum atomic E-state index is 5.56. The number of nitrogens with zero attached hydrogens (tertiary/aromatic N) is 1. The van der Waals surface area contributed by atoms with E-state index in [4.69, 9.17) is 10.5 Å². The maximum absolute atomic E-state index is 5.56. The molecule has 0 saturated carbocycles. The number of hydrogen-bond acceptors (Lipinski definition) is 4. The first kappa shape index (κ1) is 11.8. The molecular weight excluding hydrogens is 190 g/mol. The highest BCUT2D eigenvalue weighted by Crippen LogP contribution is 2.20. The van der Waals surface area contributed by atoms with Gasteiger partial charge in [-0.3, -0.25) is 0 Å². The van der Waals surface area contributed by atoms with Crippen molar-refractivity contribution in [3.63, 3.8) is 0 Å². The Morgan fingerprint density at radius 2 is 2.40 bits per heavy atom. The topological polar surface area (TPSA) is 60.2 Å². The van der Waals surface area contributed by atoms with Crippen LogP contribution in [0, 0.1) is 0 Å². The van der Waals surface area contributed by atoms with Crippen molar-refractivity contribution in [3.8, 4) is 5.75 Å². The zero-order valence-electron chi connectivity index (χ0n) is 9.20. The van der Waals surface area contributed by atoms with E-state index in [9.17, 15) is 0 Å². The van der Waals surface area contributed by atoms with Gasteiger partial charge >= 0.3 is 0 Å². The Bertz CT molecular complexity index is 278. The van der Waals surface area contributed by atoms with Gasteiger partial charge in [0.25, 0.3) is 0 Å². The van der Waals surface area contributed by atoms with E-state index in [0.717, 1.165) is 37.6 Å². The van der Waals surface area contributed by atoms with Crippen LogP contribution < -0.4 is 15.8 Å². The molecule has 0 aliphatic carbocycles. The van der Waals surface area contributed by atoms with Gasteiger partial charge in [0.05, 0.1) is 6.61 Å². The number of nitrogens with one attached hydrogen (secondary N) is 1. The van der Waals surface area contributed by atoms with E-state index in [1.165, 1.54) is 0 Å². The summed E-state index contributed by atoms with van der Waals surface area (Å²) in [5.74, 6) is 1.62. The van der Waals surface area contributed by atoms with Crippen molar-refractivity contribution >= 4 is 5.82 Å². The Labute approximate surface area is 90.8 Å². The van der Waals surface area contributed by atoms with Crippen molar-refractivity contribution in [3.05, 3.63) is 18.3 Å². The van der Waals surface area contributed by atoms with E-state index in [1.54, 1.807) is 6.20 Å². The molecule has 0 saturated heterocycles. The Balaban J connectivity index is 2.52. The largest absolute Gasteiger partial charge is 0.490 e. The van der Waals surface area contributed by atoms with Crippen LogP contribution in [0.15, 0.2) is 18.3 Å². The molecule has 4 heteroatoms. The molecule has 1 aromatic rings. The second-order valence-corrected chi connectivity index (χ2v) is 3.27. The molecule has 0 amide bonds. The fourth-order valence-electron chi connectivity index (χ4n) is 1.16. The maximum Gasteiger partial charge on any atom is 0.168 e. The molecule has 0 atom stereocenters. The highest BCUT2D eigenvalue weighted by Gasteiger charge is 2.02. The van der Waals surface area contributed by atoms with E-state index in [1.807, 2.05) is 12.1 Å². The molecule has 0 aromatic carbocycles. The van der Waals surface area contributed by atoms with Crippen LogP contribution in [0.5, 0.6) is 5.75 Å². The molecule has 1 aromatic heterocycles. The van der Waals surface area contributed by atoms with Crippen molar-refractivity contribution < 1.29 is 4.74 Å². The normalized spacial score (nSPS) is 10.0. The van der Waals surface area contributed by atoms with Gasteiger partial charge in [-0.15, -0.1) is 0 Å². The predicted molar refractivity (Wildman–Crippen MR) is 62.2 cm³/mol. The molecule has 0 aliphatic rings. The molecule has 0 aliphatic heterocycles. The minimum atomic E-state index is 0.686. The standard InChI is InChI=1S/C11H19N3O/c1-2-9-15-10-5-3-7-13-11(10)14-8-4-6-12/h3,5,7H,2,4,6,8-9,12H2,1H3,(H,13,14). The van der Waals surface area contributed by atoms with Gasteiger partial charge in [0, 0.05) is 12.7 Å². The number of aromatic nitrogens is 1. The van der Waals surface area contributed by atoms with E-state index in [2.05, 4.69) is 17.2 Å². The summed E-state index contributed by atoms with van der Waals surface area (Å²) in [7, 11) is 0. The summed E-state index contributed by atoms with van der Waals surface area (Å²) >= 11 is 0. The number of hydrogen-bond donors (Lipinski definition) is 2. The average Bonchev–Trinajstić information content (AvgIpc) is 2.28. The highest BCUT2D eigenvalue weighted by atomic mass is 16.5. The Kier molecular flexibility index (Phi) is 5.55. The van der Waals surface area contributed by atoms with Gasteiger partial charge in [-0.2, -0.15) is 0 Å². The van der Waals surface area contributed by atoms with Gasteiger partial charge in [0.1, 0.15) is 0 Å². The molecule has 0 radical (unpaired) electrons. The molecule has 0 fully saturated rings. The zero-order valence-corrected chi connectivity index (χ0v) is 9.20. The van der Waals surface area contributed by atoms with Crippen LogP contribution in [0.1, 0.15) is 19.8 Å². The summed E-state index contributed by atoms with van der Waals surface area (Å²) in [4.78, 5) is 4.23. The van der Waals surface area contributed by atoms with E-state index in [-0.39, 0.29) is 0 Å². The SMILES string of the molecule is CCCOc1cccnc1NCCCN. The van der Waals surface area contributed by atoms with Crippen LogP contribution in [0.3, 0.4) is 0 Å². The van der Waals surface area contributed by atoms with Gasteiger partial charge in [-0.25, -0.2) is 4.98 Å². The summed E-state index contributed by atoms with van der Waals surface area (Å²) in [5, 5.41) is 3.21. The van der Waals surface area contributed by atoms with Crippen molar-refractivity contribution in [1.29, 1.82) is 0 Å². The number of anilines is 1. The number of ether oxygens (including phenoxy) is 1. The minimum absolute atomic E-state index is 0.686. The van der Waals surface area contributed by atoms with Crippen molar-refractivity contribution in [2.75, 3.05) is 25.0 Å². The summed E-state index contributed by atoms with van der Waals surface area (Å²) in [5.41, 5.74) is 5.42. The molecule has 15 heavy (non-hydrogen) atoms. The predicted octanol–water partition coefficient (Wildman–Crippen LogP) is 1.63. The van der Waals surface area contributed by atoms with Crippen molar-refractivity contribution in [1.82, 2.24) is 4.98 Å². The molecular formula is C11H19N3O. The second kappa shape index (κ2) is 7.06. The van der Waals surface area contributed by atoms with Crippen LogP contribution in [0.25, 0.3) is 0 Å². The Morgan fingerprint density at radius 3 is 3.13 bits per heavy atom. The second-order valence-electron chi connectivity index (χ2n) is 3.27. The van der Waals surface area contributed by atoms with Crippen LogP contribution in [-0.2, 0) is 0 Å². The lowest BCUT2D eigenvalue weighted by molar-refractivity contribution is 0.318. The van der Waals surface area contributed by atoms with E-state index >= 15 is 0 Å². The van der Waals surface area contributed by atoms with Gasteiger partial charge in [-0.1, -0.05) is 6.92 Å². The number of pyridine rings is 1. The summed E-state index contributed by atoms with van der Waals surface area (Å²) in [6.07, 6.45) is 3.69. The lowest BCUT2D eigenvalue weighted by Gasteiger charge is -2.10. The zero-order chi connectivity index (χ0) is 10.9. The molecule has 0 bridgehead atoms. The lowest BCUT2D eigenvalue weighted by atomic mass is 10.4. The first-order valence-corrected chi connectivity index (χ1v) is 5.40.